The van der Waals surface area contributed by atoms with Gasteiger partial charge in [-0.1, -0.05) is 60.7 Å². The van der Waals surface area contributed by atoms with Crippen LogP contribution in [0.25, 0.3) is 10.9 Å². The number of esters is 1. The number of aromatic nitrogens is 1. The number of benzene rings is 3. The lowest BCUT2D eigenvalue weighted by Gasteiger charge is -2.36. The molecule has 1 aromatic heterocycles. The van der Waals surface area contributed by atoms with E-state index in [0.29, 0.717) is 6.42 Å². The molecule has 2 aliphatic heterocycles. The molecule has 0 spiro atoms. The molecule has 3 aromatic carbocycles. The van der Waals surface area contributed by atoms with Crippen molar-refractivity contribution in [1.82, 2.24) is 9.88 Å². The van der Waals surface area contributed by atoms with Crippen LogP contribution in [0.5, 0.6) is 0 Å². The Morgan fingerprint density at radius 3 is 2.44 bits per heavy atom. The number of H-pyrrole nitrogens is 1. The van der Waals surface area contributed by atoms with Crippen LogP contribution in [0, 0.1) is 0 Å². The topological polar surface area (TPSA) is 82.7 Å². The van der Waals surface area contributed by atoms with Crippen molar-refractivity contribution >= 4 is 34.5 Å². The molecule has 6 rings (SSSR count). The third kappa shape index (κ3) is 2.80. The molecule has 7 heteroatoms. The van der Waals surface area contributed by atoms with E-state index >= 15 is 0 Å². The van der Waals surface area contributed by atoms with Crippen molar-refractivity contribution in [3.63, 3.8) is 0 Å². The molecule has 0 bridgehead atoms. The average Bonchev–Trinajstić information content (AvgIpc) is 3.37. The number of fused-ring (bicyclic) bond motifs is 4. The molecule has 0 aliphatic carbocycles. The highest BCUT2D eigenvalue weighted by Crippen LogP contribution is 2.45. The maximum atomic E-state index is 13.9. The van der Waals surface area contributed by atoms with Gasteiger partial charge in [0.2, 0.25) is 0 Å². The second-order valence-corrected chi connectivity index (χ2v) is 8.47. The van der Waals surface area contributed by atoms with Gasteiger partial charge in [-0.25, -0.2) is 14.5 Å². The number of methoxy groups -OCH3 is 1. The van der Waals surface area contributed by atoms with Crippen molar-refractivity contribution in [2.75, 3.05) is 12.0 Å². The number of nitrogens with zero attached hydrogens (tertiary/aromatic N) is 2. The molecule has 3 amide bonds. The SMILES string of the molecule is COC(=O)c1ccccc1N1C(=O)[C@H]2Cc3c([nH]c4ccccc34)[C@H](c3ccccc3)N2C1=O. The van der Waals surface area contributed by atoms with Gasteiger partial charge < -0.3 is 9.72 Å². The van der Waals surface area contributed by atoms with Gasteiger partial charge in [-0.15, -0.1) is 0 Å². The average molecular weight is 451 g/mol. The first-order valence-corrected chi connectivity index (χ1v) is 11.1. The number of imide groups is 1. The summed E-state index contributed by atoms with van der Waals surface area (Å²) in [6.45, 7) is 0. The zero-order valence-corrected chi connectivity index (χ0v) is 18.4. The molecule has 1 N–H and O–H groups in total. The summed E-state index contributed by atoms with van der Waals surface area (Å²) in [6.07, 6.45) is 0.393. The molecular formula is C27H21N3O4. The van der Waals surface area contributed by atoms with E-state index in [4.69, 9.17) is 4.74 Å². The normalized spacial score (nSPS) is 19.3. The summed E-state index contributed by atoms with van der Waals surface area (Å²) in [4.78, 5) is 46.3. The molecule has 168 valence electrons. The number of hydrogen-bond acceptors (Lipinski definition) is 4. The number of rotatable bonds is 3. The highest BCUT2D eigenvalue weighted by molar-refractivity contribution is 6.23. The van der Waals surface area contributed by atoms with Gasteiger partial charge in [-0.05, 0) is 29.3 Å². The van der Waals surface area contributed by atoms with E-state index in [-0.39, 0.29) is 17.2 Å². The molecule has 2 atom stereocenters. The van der Waals surface area contributed by atoms with Gasteiger partial charge in [0.15, 0.2) is 0 Å². The Morgan fingerprint density at radius 1 is 0.941 bits per heavy atom. The number of aromatic amines is 1. The Balaban J connectivity index is 1.54. The molecule has 1 fully saturated rings. The zero-order valence-electron chi connectivity index (χ0n) is 18.4. The first-order valence-electron chi connectivity index (χ1n) is 11.1. The van der Waals surface area contributed by atoms with Gasteiger partial charge in [-0.3, -0.25) is 9.69 Å². The van der Waals surface area contributed by atoms with E-state index in [1.807, 2.05) is 54.6 Å². The maximum absolute atomic E-state index is 13.9. The highest BCUT2D eigenvalue weighted by atomic mass is 16.5. The predicted octanol–water partition coefficient (Wildman–Crippen LogP) is 4.44. The smallest absolute Gasteiger partial charge is 0.339 e. The lowest BCUT2D eigenvalue weighted by atomic mass is 9.89. The minimum Gasteiger partial charge on any atom is -0.465 e. The van der Waals surface area contributed by atoms with E-state index in [2.05, 4.69) is 4.98 Å². The number of nitrogens with one attached hydrogen (secondary N) is 1. The summed E-state index contributed by atoms with van der Waals surface area (Å²) in [5.74, 6) is -0.949. The Kier molecular flexibility index (Phi) is 4.52. The van der Waals surface area contributed by atoms with E-state index in [1.165, 1.54) is 7.11 Å². The standard InChI is InChI=1S/C27H21N3O4/c1-34-26(32)18-12-6-8-14-21(18)30-25(31)22-15-19-17-11-5-7-13-20(17)28-23(19)24(29(22)27(30)33)16-9-3-2-4-10-16/h2-14,22,24,28H,15H2,1H3/t22-,24+/m1/s1. The summed E-state index contributed by atoms with van der Waals surface area (Å²) in [5.41, 5.74) is 4.24. The minimum absolute atomic E-state index is 0.173. The van der Waals surface area contributed by atoms with Crippen molar-refractivity contribution in [3.8, 4) is 0 Å². The molecule has 2 aliphatic rings. The van der Waals surface area contributed by atoms with E-state index < -0.39 is 24.1 Å². The van der Waals surface area contributed by atoms with Gasteiger partial charge in [0.1, 0.15) is 12.1 Å². The Bertz CT molecular complexity index is 1460. The molecule has 1 saturated heterocycles. The van der Waals surface area contributed by atoms with Gasteiger partial charge in [0.25, 0.3) is 5.91 Å². The van der Waals surface area contributed by atoms with Crippen molar-refractivity contribution < 1.29 is 19.1 Å². The second kappa shape index (κ2) is 7.59. The molecule has 0 saturated carbocycles. The van der Waals surface area contributed by atoms with Crippen LogP contribution in [-0.4, -0.2) is 40.9 Å². The number of anilines is 1. The van der Waals surface area contributed by atoms with Crippen molar-refractivity contribution in [2.24, 2.45) is 0 Å². The lowest BCUT2D eigenvalue weighted by molar-refractivity contribution is -0.120. The van der Waals surface area contributed by atoms with Crippen LogP contribution in [0.4, 0.5) is 10.5 Å². The van der Waals surface area contributed by atoms with Gasteiger partial charge in [0.05, 0.1) is 18.4 Å². The maximum Gasteiger partial charge on any atom is 0.339 e. The van der Waals surface area contributed by atoms with Gasteiger partial charge >= 0.3 is 12.0 Å². The molecule has 7 nitrogen and oxygen atoms in total. The Morgan fingerprint density at radius 2 is 1.65 bits per heavy atom. The van der Waals surface area contributed by atoms with Crippen molar-refractivity contribution in [2.45, 2.75) is 18.5 Å². The van der Waals surface area contributed by atoms with Crippen molar-refractivity contribution in [1.29, 1.82) is 0 Å². The number of para-hydroxylation sites is 2. The van der Waals surface area contributed by atoms with Gasteiger partial charge in [0, 0.05) is 23.0 Å². The number of ether oxygens (including phenoxy) is 1. The first-order chi connectivity index (χ1) is 16.6. The number of carbonyl (C=O) groups is 3. The fourth-order valence-corrected chi connectivity index (χ4v) is 5.23. The van der Waals surface area contributed by atoms with E-state index in [0.717, 1.165) is 32.6 Å². The minimum atomic E-state index is -0.685. The third-order valence-corrected chi connectivity index (χ3v) is 6.71. The van der Waals surface area contributed by atoms with Crippen LogP contribution in [0.2, 0.25) is 0 Å². The molecular weight excluding hydrogens is 430 g/mol. The van der Waals surface area contributed by atoms with Crippen LogP contribution in [0.3, 0.4) is 0 Å². The zero-order chi connectivity index (χ0) is 23.4. The van der Waals surface area contributed by atoms with Crippen molar-refractivity contribution in [3.05, 3.63) is 101 Å². The molecule has 0 radical (unpaired) electrons. The number of carbonyl (C=O) groups excluding carboxylic acids is 3. The third-order valence-electron chi connectivity index (χ3n) is 6.71. The summed E-state index contributed by atoms with van der Waals surface area (Å²) < 4.78 is 4.90. The highest BCUT2D eigenvalue weighted by Gasteiger charge is 2.53. The second-order valence-electron chi connectivity index (χ2n) is 8.47. The summed E-state index contributed by atoms with van der Waals surface area (Å²) in [5, 5.41) is 1.05. The van der Waals surface area contributed by atoms with Crippen LogP contribution in [0.1, 0.15) is 33.2 Å². The first kappa shape index (κ1) is 20.2. The van der Waals surface area contributed by atoms with Crippen LogP contribution in [0.15, 0.2) is 78.9 Å². The number of urea groups is 1. The summed E-state index contributed by atoms with van der Waals surface area (Å²) >= 11 is 0. The Hall–Kier alpha value is -4.39. The number of hydrogen-bond donors (Lipinski definition) is 1. The van der Waals surface area contributed by atoms with Crippen LogP contribution < -0.4 is 4.90 Å². The molecule has 34 heavy (non-hydrogen) atoms. The fourth-order valence-electron chi connectivity index (χ4n) is 5.23. The monoisotopic (exact) mass is 451 g/mol. The van der Waals surface area contributed by atoms with Crippen LogP contribution in [-0.2, 0) is 16.0 Å². The fraction of sp³-hybridized carbons (Fsp3) is 0.148. The largest absolute Gasteiger partial charge is 0.465 e. The number of amides is 3. The van der Waals surface area contributed by atoms with Gasteiger partial charge in [-0.2, -0.15) is 0 Å². The van der Waals surface area contributed by atoms with E-state index in [1.54, 1.807) is 29.2 Å². The lowest BCUT2D eigenvalue weighted by Crippen LogP contribution is -2.44. The summed E-state index contributed by atoms with van der Waals surface area (Å²) in [7, 11) is 1.28. The molecule has 0 unspecified atom stereocenters. The van der Waals surface area contributed by atoms with E-state index in [9.17, 15) is 14.4 Å². The quantitative estimate of drug-likeness (QED) is 0.369. The summed E-state index contributed by atoms with van der Waals surface area (Å²) in [6, 6.07) is 22.6. The Labute approximate surface area is 195 Å². The predicted molar refractivity (Wildman–Crippen MR) is 127 cm³/mol. The molecule has 3 heterocycles. The van der Waals surface area contributed by atoms with Crippen LogP contribution >= 0.6 is 0 Å². The molecule has 4 aromatic rings.